The van der Waals surface area contributed by atoms with Gasteiger partial charge in [-0.15, -0.1) is 0 Å². The predicted octanol–water partition coefficient (Wildman–Crippen LogP) is 3.53. The van der Waals surface area contributed by atoms with Gasteiger partial charge in [0.2, 0.25) is 11.8 Å². The standard InChI is InChI=1S/C21H27N3O3/c1-5-23(6-2)18-9-11-19(12-10-18)24(16(3)25)15-21(26)22-17-7-13-20(27-4)14-8-17/h7-14H,5-6,15H2,1-4H3,(H,22,26). The van der Waals surface area contributed by atoms with E-state index in [1.807, 2.05) is 24.3 Å². The van der Waals surface area contributed by atoms with Crippen molar-refractivity contribution < 1.29 is 14.3 Å². The van der Waals surface area contributed by atoms with Gasteiger partial charge in [0, 0.05) is 37.1 Å². The number of ether oxygens (including phenoxy) is 1. The highest BCUT2D eigenvalue weighted by atomic mass is 16.5. The van der Waals surface area contributed by atoms with Gasteiger partial charge in [-0.3, -0.25) is 9.59 Å². The van der Waals surface area contributed by atoms with Crippen LogP contribution in [-0.2, 0) is 9.59 Å². The molecule has 6 heteroatoms. The molecule has 0 aliphatic carbocycles. The highest BCUT2D eigenvalue weighted by Gasteiger charge is 2.16. The van der Waals surface area contributed by atoms with E-state index in [0.717, 1.165) is 18.8 Å². The van der Waals surface area contributed by atoms with E-state index < -0.39 is 0 Å². The van der Waals surface area contributed by atoms with Crippen LogP contribution in [-0.4, -0.2) is 38.6 Å². The number of methoxy groups -OCH3 is 1. The number of nitrogens with zero attached hydrogens (tertiary/aromatic N) is 2. The fraction of sp³-hybridized carbons (Fsp3) is 0.333. The van der Waals surface area contributed by atoms with E-state index in [9.17, 15) is 9.59 Å². The van der Waals surface area contributed by atoms with Gasteiger partial charge in [-0.25, -0.2) is 0 Å². The Kier molecular flexibility index (Phi) is 7.23. The molecular formula is C21H27N3O3. The summed E-state index contributed by atoms with van der Waals surface area (Å²) >= 11 is 0. The quantitative estimate of drug-likeness (QED) is 0.773. The van der Waals surface area contributed by atoms with E-state index in [1.165, 1.54) is 11.8 Å². The summed E-state index contributed by atoms with van der Waals surface area (Å²) in [4.78, 5) is 28.1. The predicted molar refractivity (Wildman–Crippen MR) is 110 cm³/mol. The van der Waals surface area contributed by atoms with Crippen LogP contribution in [0.25, 0.3) is 0 Å². The number of hydrogen-bond acceptors (Lipinski definition) is 4. The third-order valence-electron chi connectivity index (χ3n) is 4.35. The van der Waals surface area contributed by atoms with E-state index in [-0.39, 0.29) is 18.4 Å². The summed E-state index contributed by atoms with van der Waals surface area (Å²) in [7, 11) is 1.59. The molecule has 0 radical (unpaired) electrons. The van der Waals surface area contributed by atoms with Crippen molar-refractivity contribution in [2.75, 3.05) is 41.9 Å². The van der Waals surface area contributed by atoms with E-state index in [1.54, 1.807) is 31.4 Å². The van der Waals surface area contributed by atoms with Gasteiger partial charge in [0.15, 0.2) is 0 Å². The first-order valence-electron chi connectivity index (χ1n) is 9.05. The maximum absolute atomic E-state index is 12.4. The molecular weight excluding hydrogens is 342 g/mol. The van der Waals surface area contributed by atoms with Crippen molar-refractivity contribution in [3.8, 4) is 5.75 Å². The zero-order valence-electron chi connectivity index (χ0n) is 16.4. The van der Waals surface area contributed by atoms with Crippen molar-refractivity contribution in [1.82, 2.24) is 0 Å². The maximum atomic E-state index is 12.4. The summed E-state index contributed by atoms with van der Waals surface area (Å²) < 4.78 is 5.10. The third kappa shape index (κ3) is 5.48. The average Bonchev–Trinajstić information content (AvgIpc) is 2.68. The highest BCUT2D eigenvalue weighted by Crippen LogP contribution is 2.21. The summed E-state index contributed by atoms with van der Waals surface area (Å²) in [6.07, 6.45) is 0. The average molecular weight is 369 g/mol. The summed E-state index contributed by atoms with van der Waals surface area (Å²) in [6, 6.07) is 14.7. The van der Waals surface area contributed by atoms with Crippen LogP contribution in [0, 0.1) is 0 Å². The van der Waals surface area contributed by atoms with Crippen LogP contribution >= 0.6 is 0 Å². The minimum atomic E-state index is -0.261. The van der Waals surface area contributed by atoms with E-state index in [2.05, 4.69) is 24.1 Å². The summed E-state index contributed by atoms with van der Waals surface area (Å²) in [5.74, 6) is 0.269. The first-order valence-corrected chi connectivity index (χ1v) is 9.05. The molecule has 0 unspecified atom stereocenters. The van der Waals surface area contributed by atoms with Crippen molar-refractivity contribution in [2.24, 2.45) is 0 Å². The van der Waals surface area contributed by atoms with Gasteiger partial charge >= 0.3 is 0 Å². The number of amides is 2. The van der Waals surface area contributed by atoms with E-state index in [0.29, 0.717) is 17.1 Å². The van der Waals surface area contributed by atoms with Crippen molar-refractivity contribution >= 4 is 28.9 Å². The van der Waals surface area contributed by atoms with Crippen LogP contribution in [0.3, 0.4) is 0 Å². The fourth-order valence-corrected chi connectivity index (χ4v) is 2.84. The second kappa shape index (κ2) is 9.62. The third-order valence-corrected chi connectivity index (χ3v) is 4.35. The van der Waals surface area contributed by atoms with E-state index in [4.69, 9.17) is 4.74 Å². The summed E-state index contributed by atoms with van der Waals surface area (Å²) in [5, 5.41) is 2.80. The molecule has 0 heterocycles. The van der Waals surface area contributed by atoms with Crippen LogP contribution < -0.4 is 19.9 Å². The first kappa shape index (κ1) is 20.3. The van der Waals surface area contributed by atoms with Gasteiger partial charge < -0.3 is 19.9 Å². The second-order valence-corrected chi connectivity index (χ2v) is 6.07. The summed E-state index contributed by atoms with van der Waals surface area (Å²) in [5.41, 5.74) is 2.44. The number of nitrogens with one attached hydrogen (secondary N) is 1. The van der Waals surface area contributed by atoms with Gasteiger partial charge in [-0.05, 0) is 62.4 Å². The first-order chi connectivity index (χ1) is 13.0. The molecule has 0 saturated heterocycles. The zero-order valence-corrected chi connectivity index (χ0v) is 16.4. The van der Waals surface area contributed by atoms with Gasteiger partial charge in [0.1, 0.15) is 12.3 Å². The Morgan fingerprint density at radius 1 is 0.926 bits per heavy atom. The van der Waals surface area contributed by atoms with Crippen LogP contribution in [0.15, 0.2) is 48.5 Å². The Labute approximate surface area is 160 Å². The Bertz CT molecular complexity index is 753. The lowest BCUT2D eigenvalue weighted by molar-refractivity contribution is -0.120. The maximum Gasteiger partial charge on any atom is 0.244 e. The molecule has 0 fully saturated rings. The minimum Gasteiger partial charge on any atom is -0.497 e. The number of anilines is 3. The van der Waals surface area contributed by atoms with Gasteiger partial charge in [-0.2, -0.15) is 0 Å². The minimum absolute atomic E-state index is 0.0496. The molecule has 1 N–H and O–H groups in total. The number of carbonyl (C=O) groups excluding carboxylic acids is 2. The zero-order chi connectivity index (χ0) is 19.8. The molecule has 27 heavy (non-hydrogen) atoms. The molecule has 2 aromatic rings. The smallest absolute Gasteiger partial charge is 0.244 e. The lowest BCUT2D eigenvalue weighted by Crippen LogP contribution is -2.36. The normalized spacial score (nSPS) is 10.2. The molecule has 6 nitrogen and oxygen atoms in total. The summed E-state index contributed by atoms with van der Waals surface area (Å²) in [6.45, 7) is 7.43. The molecule has 0 spiro atoms. The lowest BCUT2D eigenvalue weighted by atomic mass is 10.2. The van der Waals surface area contributed by atoms with Gasteiger partial charge in [-0.1, -0.05) is 0 Å². The number of hydrogen-bond donors (Lipinski definition) is 1. The van der Waals surface area contributed by atoms with Gasteiger partial charge in [0.05, 0.1) is 7.11 Å². The van der Waals surface area contributed by atoms with Crippen molar-refractivity contribution in [3.63, 3.8) is 0 Å². The van der Waals surface area contributed by atoms with Crippen LogP contribution in [0.5, 0.6) is 5.75 Å². The Balaban J connectivity index is 2.07. The Hall–Kier alpha value is -3.02. The molecule has 0 atom stereocenters. The Morgan fingerprint density at radius 3 is 1.96 bits per heavy atom. The molecule has 0 bridgehead atoms. The molecule has 2 rings (SSSR count). The van der Waals surface area contributed by atoms with Crippen LogP contribution in [0.2, 0.25) is 0 Å². The number of rotatable bonds is 8. The van der Waals surface area contributed by atoms with Crippen LogP contribution in [0.1, 0.15) is 20.8 Å². The largest absolute Gasteiger partial charge is 0.497 e. The monoisotopic (exact) mass is 369 g/mol. The molecule has 0 aliphatic rings. The highest BCUT2D eigenvalue weighted by molar-refractivity contribution is 6.01. The topological polar surface area (TPSA) is 61.9 Å². The van der Waals surface area contributed by atoms with Crippen molar-refractivity contribution in [1.29, 1.82) is 0 Å². The van der Waals surface area contributed by atoms with E-state index >= 15 is 0 Å². The van der Waals surface area contributed by atoms with Crippen molar-refractivity contribution in [3.05, 3.63) is 48.5 Å². The molecule has 0 aliphatic heterocycles. The molecule has 144 valence electrons. The van der Waals surface area contributed by atoms with Gasteiger partial charge in [0.25, 0.3) is 0 Å². The second-order valence-electron chi connectivity index (χ2n) is 6.07. The fourth-order valence-electron chi connectivity index (χ4n) is 2.84. The Morgan fingerprint density at radius 2 is 1.48 bits per heavy atom. The molecule has 0 aromatic heterocycles. The SMILES string of the molecule is CCN(CC)c1ccc(N(CC(=O)Nc2ccc(OC)cc2)C(C)=O)cc1. The number of benzene rings is 2. The molecule has 2 aromatic carbocycles. The number of carbonyl (C=O) groups is 2. The lowest BCUT2D eigenvalue weighted by Gasteiger charge is -2.24. The molecule has 2 amide bonds. The van der Waals surface area contributed by atoms with Crippen molar-refractivity contribution in [2.45, 2.75) is 20.8 Å². The molecule has 0 saturated carbocycles. The van der Waals surface area contributed by atoms with Crippen LogP contribution in [0.4, 0.5) is 17.1 Å².